The van der Waals surface area contributed by atoms with E-state index in [1.165, 1.54) is 19.2 Å². The summed E-state index contributed by atoms with van der Waals surface area (Å²) in [6.07, 6.45) is -1.83. The van der Waals surface area contributed by atoms with Gasteiger partial charge in [0.05, 0.1) is 17.4 Å². The molecule has 2 rings (SSSR count). The van der Waals surface area contributed by atoms with Crippen LogP contribution < -0.4 is 5.32 Å². The summed E-state index contributed by atoms with van der Waals surface area (Å²) < 4.78 is 40.7. The molecule has 0 bridgehead atoms. The largest absolute Gasteiger partial charge is 0.319 e. The van der Waals surface area contributed by atoms with Crippen molar-refractivity contribution >= 4 is 27.5 Å². The Balaban J connectivity index is 2.31. The maximum Gasteiger partial charge on any atom is 0.280 e. The van der Waals surface area contributed by atoms with Gasteiger partial charge in [-0.25, -0.2) is 13.2 Å². The molecular weight excluding hydrogens is 339 g/mol. The smallest absolute Gasteiger partial charge is 0.280 e. The van der Waals surface area contributed by atoms with Crippen molar-refractivity contribution < 1.29 is 18.0 Å². The number of carbonyl (C=O) groups excluding carboxylic acids is 1. The van der Waals surface area contributed by atoms with E-state index in [1.54, 1.807) is 0 Å². The molecule has 0 fully saturated rings. The van der Waals surface area contributed by atoms with Crippen LogP contribution in [0, 0.1) is 5.82 Å². The molecule has 1 amide bonds. The summed E-state index contributed by atoms with van der Waals surface area (Å²) in [6, 6.07) is 3.95. The van der Waals surface area contributed by atoms with Crippen molar-refractivity contribution in [1.82, 2.24) is 9.78 Å². The highest BCUT2D eigenvalue weighted by molar-refractivity contribution is 9.10. The first-order valence-electron chi connectivity index (χ1n) is 5.46. The Morgan fingerprint density at radius 3 is 2.80 bits per heavy atom. The van der Waals surface area contributed by atoms with Gasteiger partial charge in [-0.1, -0.05) is 15.9 Å². The normalized spacial score (nSPS) is 10.9. The molecule has 0 aliphatic rings. The Kier molecular flexibility index (Phi) is 4.12. The molecule has 0 saturated heterocycles. The Morgan fingerprint density at radius 1 is 1.45 bits per heavy atom. The van der Waals surface area contributed by atoms with Crippen molar-refractivity contribution in [2.75, 3.05) is 5.32 Å². The van der Waals surface area contributed by atoms with Crippen molar-refractivity contribution in [2.24, 2.45) is 7.05 Å². The van der Waals surface area contributed by atoms with Crippen LogP contribution in [0.5, 0.6) is 0 Å². The van der Waals surface area contributed by atoms with Crippen LogP contribution in [0.2, 0.25) is 0 Å². The molecule has 0 spiro atoms. The van der Waals surface area contributed by atoms with Gasteiger partial charge >= 0.3 is 0 Å². The first-order chi connectivity index (χ1) is 9.40. The number of halogens is 4. The van der Waals surface area contributed by atoms with Crippen LogP contribution in [0.4, 0.5) is 18.9 Å². The van der Waals surface area contributed by atoms with Crippen LogP contribution in [0.25, 0.3) is 0 Å². The lowest BCUT2D eigenvalue weighted by atomic mass is 10.2. The molecule has 0 radical (unpaired) electrons. The topological polar surface area (TPSA) is 46.9 Å². The summed E-state index contributed by atoms with van der Waals surface area (Å²) in [5, 5.41) is 5.86. The molecule has 8 heteroatoms. The van der Waals surface area contributed by atoms with Crippen LogP contribution >= 0.6 is 15.9 Å². The Bertz CT molecular complexity index is 657. The number of hydrogen-bond donors (Lipinski definition) is 1. The molecule has 0 aliphatic heterocycles. The number of rotatable bonds is 3. The number of nitrogens with zero attached hydrogens (tertiary/aromatic N) is 2. The second kappa shape index (κ2) is 5.66. The number of benzene rings is 1. The van der Waals surface area contributed by atoms with Crippen molar-refractivity contribution in [2.45, 2.75) is 6.43 Å². The first-order valence-corrected chi connectivity index (χ1v) is 6.26. The molecule has 1 N–H and O–H groups in total. The number of aromatic nitrogens is 2. The number of anilines is 1. The SMILES string of the molecule is Cn1ncc(C(=O)Nc2cc(Br)ccc2F)c1C(F)F. The fourth-order valence-corrected chi connectivity index (χ4v) is 2.02. The molecule has 0 saturated carbocycles. The second-order valence-electron chi connectivity index (χ2n) is 3.95. The highest BCUT2D eigenvalue weighted by Crippen LogP contribution is 2.24. The lowest BCUT2D eigenvalue weighted by Gasteiger charge is -2.08. The van der Waals surface area contributed by atoms with E-state index in [0.717, 1.165) is 16.9 Å². The molecule has 1 aromatic heterocycles. The fourth-order valence-electron chi connectivity index (χ4n) is 1.66. The molecule has 106 valence electrons. The standard InChI is InChI=1S/C12H9BrF3N3O/c1-19-10(11(15)16)7(5-17-19)12(20)18-9-4-6(13)2-3-8(9)14/h2-5,11H,1H3,(H,18,20). The highest BCUT2D eigenvalue weighted by atomic mass is 79.9. The maximum absolute atomic E-state index is 13.5. The van der Waals surface area contributed by atoms with Crippen LogP contribution in [0.15, 0.2) is 28.9 Å². The van der Waals surface area contributed by atoms with E-state index in [0.29, 0.717) is 4.47 Å². The third-order valence-corrected chi connectivity index (χ3v) is 3.11. The van der Waals surface area contributed by atoms with Gasteiger partial charge in [-0.05, 0) is 18.2 Å². The molecule has 1 heterocycles. The minimum absolute atomic E-state index is 0.103. The fraction of sp³-hybridized carbons (Fsp3) is 0.167. The Morgan fingerprint density at radius 2 is 2.15 bits per heavy atom. The molecule has 2 aromatic rings. The molecule has 0 aliphatic carbocycles. The number of amides is 1. The van der Waals surface area contributed by atoms with E-state index in [9.17, 15) is 18.0 Å². The van der Waals surface area contributed by atoms with Gasteiger partial charge in [0.1, 0.15) is 11.5 Å². The number of carbonyl (C=O) groups is 1. The summed E-state index contributed by atoms with van der Waals surface area (Å²) in [6.45, 7) is 0. The molecular formula is C12H9BrF3N3O. The van der Waals surface area contributed by atoms with Crippen molar-refractivity contribution in [3.63, 3.8) is 0 Å². The minimum Gasteiger partial charge on any atom is -0.319 e. The van der Waals surface area contributed by atoms with Gasteiger partial charge in [0.15, 0.2) is 0 Å². The molecule has 0 unspecified atom stereocenters. The zero-order valence-corrected chi connectivity index (χ0v) is 11.8. The number of aryl methyl sites for hydroxylation is 1. The van der Waals surface area contributed by atoms with Gasteiger partial charge in [-0.2, -0.15) is 5.10 Å². The second-order valence-corrected chi connectivity index (χ2v) is 4.86. The molecule has 4 nitrogen and oxygen atoms in total. The third-order valence-electron chi connectivity index (χ3n) is 2.61. The average molecular weight is 348 g/mol. The van der Waals surface area contributed by atoms with E-state index in [1.807, 2.05) is 0 Å². The quantitative estimate of drug-likeness (QED) is 0.923. The van der Waals surface area contributed by atoms with Crippen LogP contribution in [-0.4, -0.2) is 15.7 Å². The summed E-state index contributed by atoms with van der Waals surface area (Å²) in [7, 11) is 1.30. The minimum atomic E-state index is -2.85. The van der Waals surface area contributed by atoms with Crippen LogP contribution in [-0.2, 0) is 7.05 Å². The zero-order valence-electron chi connectivity index (χ0n) is 10.2. The summed E-state index contributed by atoms with van der Waals surface area (Å²) in [5.74, 6) is -1.51. The predicted molar refractivity (Wildman–Crippen MR) is 70.2 cm³/mol. The monoisotopic (exact) mass is 347 g/mol. The summed E-state index contributed by atoms with van der Waals surface area (Å²) >= 11 is 3.13. The van der Waals surface area contributed by atoms with E-state index in [-0.39, 0.29) is 11.3 Å². The van der Waals surface area contributed by atoms with Gasteiger partial charge in [0.25, 0.3) is 12.3 Å². The molecule has 0 atom stereocenters. The van der Waals surface area contributed by atoms with Gasteiger partial charge in [-0.3, -0.25) is 9.48 Å². The van der Waals surface area contributed by atoms with Gasteiger partial charge in [0.2, 0.25) is 0 Å². The highest BCUT2D eigenvalue weighted by Gasteiger charge is 2.23. The van der Waals surface area contributed by atoms with Gasteiger partial charge in [0, 0.05) is 11.5 Å². The third kappa shape index (κ3) is 2.84. The van der Waals surface area contributed by atoms with Crippen molar-refractivity contribution in [3.05, 3.63) is 45.9 Å². The molecule has 20 heavy (non-hydrogen) atoms. The summed E-state index contributed by atoms with van der Waals surface area (Å²) in [5.41, 5.74) is -0.909. The van der Waals surface area contributed by atoms with Gasteiger partial charge in [-0.15, -0.1) is 0 Å². The summed E-state index contributed by atoms with van der Waals surface area (Å²) in [4.78, 5) is 11.9. The van der Waals surface area contributed by atoms with Gasteiger partial charge < -0.3 is 5.32 Å². The van der Waals surface area contributed by atoms with E-state index in [4.69, 9.17) is 0 Å². The lowest BCUT2D eigenvalue weighted by Crippen LogP contribution is -2.15. The Hall–Kier alpha value is -1.83. The number of nitrogens with one attached hydrogen (secondary N) is 1. The zero-order chi connectivity index (χ0) is 14.9. The average Bonchev–Trinajstić information content (AvgIpc) is 2.76. The van der Waals surface area contributed by atoms with Crippen molar-refractivity contribution in [1.29, 1.82) is 0 Å². The molecule has 1 aromatic carbocycles. The van der Waals surface area contributed by atoms with E-state index >= 15 is 0 Å². The van der Waals surface area contributed by atoms with Crippen molar-refractivity contribution in [3.8, 4) is 0 Å². The van der Waals surface area contributed by atoms with Crippen LogP contribution in [0.1, 0.15) is 22.5 Å². The van der Waals surface area contributed by atoms with Crippen LogP contribution in [0.3, 0.4) is 0 Å². The first kappa shape index (κ1) is 14.6. The Labute approximate surface area is 120 Å². The predicted octanol–water partition coefficient (Wildman–Crippen LogP) is 3.51. The lowest BCUT2D eigenvalue weighted by molar-refractivity contribution is 0.100. The van der Waals surface area contributed by atoms with E-state index in [2.05, 4.69) is 26.3 Å². The number of alkyl halides is 2. The van der Waals surface area contributed by atoms with E-state index < -0.39 is 23.8 Å². The maximum atomic E-state index is 13.5. The number of hydrogen-bond acceptors (Lipinski definition) is 2.